The number of benzene rings is 10. The number of aromatic nitrogens is 1. The molecule has 0 saturated heterocycles. The molecule has 0 atom stereocenters. The molecule has 0 unspecified atom stereocenters. The summed E-state index contributed by atoms with van der Waals surface area (Å²) in [7, 11) is 0. The summed E-state index contributed by atoms with van der Waals surface area (Å²) in [5, 5.41) is 2.56. The number of hydrogen-bond acceptors (Lipinski definition) is 1. The third-order valence-electron chi connectivity index (χ3n) is 15.2. The standard InChI is InChI=1S/C64H44N2/c1-63(2)53-27-11-6-20-45(53)48-39-36-42(40-57(48)63)41-34-37-44(38-35-41)65(43-18-4-3-5-19-43)58-31-14-9-23-49(58)51-25-17-33-60-61(51)64(54-28-12-7-21-46(54)47-22-8-13-29-55(47)64)56-30-16-26-52-50-24-10-15-32-59(50)66(60)62(52)56/h3-40H,1-2H3. The fourth-order valence-corrected chi connectivity index (χ4v) is 12.4. The highest BCUT2D eigenvalue weighted by molar-refractivity contribution is 6.13. The predicted octanol–water partition coefficient (Wildman–Crippen LogP) is 16.6. The topological polar surface area (TPSA) is 8.17 Å². The van der Waals surface area contributed by atoms with Gasteiger partial charge in [-0.05, 0) is 115 Å². The number of para-hydroxylation sites is 4. The second-order valence-electron chi connectivity index (χ2n) is 18.8. The van der Waals surface area contributed by atoms with Crippen molar-refractivity contribution in [3.63, 3.8) is 0 Å². The van der Waals surface area contributed by atoms with Crippen molar-refractivity contribution in [2.75, 3.05) is 4.90 Å². The molecule has 310 valence electrons. The molecular weight excluding hydrogens is 797 g/mol. The zero-order valence-electron chi connectivity index (χ0n) is 36.8. The van der Waals surface area contributed by atoms with Crippen LogP contribution in [0.1, 0.15) is 47.2 Å². The van der Waals surface area contributed by atoms with Crippen LogP contribution in [0, 0.1) is 0 Å². The van der Waals surface area contributed by atoms with Gasteiger partial charge in [-0.15, -0.1) is 0 Å². The zero-order chi connectivity index (χ0) is 43.7. The largest absolute Gasteiger partial charge is 0.310 e. The van der Waals surface area contributed by atoms with Crippen molar-refractivity contribution in [2.24, 2.45) is 0 Å². The van der Waals surface area contributed by atoms with Gasteiger partial charge in [0.2, 0.25) is 0 Å². The van der Waals surface area contributed by atoms with E-state index in [9.17, 15) is 0 Å². The summed E-state index contributed by atoms with van der Waals surface area (Å²) in [5.74, 6) is 0. The number of fused-ring (bicyclic) bond motifs is 15. The second-order valence-corrected chi connectivity index (χ2v) is 18.8. The van der Waals surface area contributed by atoms with E-state index in [0.717, 1.165) is 17.1 Å². The lowest BCUT2D eigenvalue weighted by Crippen LogP contribution is -2.34. The third kappa shape index (κ3) is 4.85. The molecule has 1 spiro atoms. The highest BCUT2D eigenvalue weighted by Gasteiger charge is 2.52. The molecular formula is C64H44N2. The molecule has 2 heterocycles. The summed E-state index contributed by atoms with van der Waals surface area (Å²) in [4.78, 5) is 2.45. The number of rotatable bonds is 5. The molecule has 2 nitrogen and oxygen atoms in total. The first kappa shape index (κ1) is 37.2. The normalized spacial score (nSPS) is 14.2. The van der Waals surface area contributed by atoms with E-state index in [1.807, 2.05) is 0 Å². The maximum Gasteiger partial charge on any atom is 0.0760 e. The van der Waals surface area contributed by atoms with Crippen LogP contribution in [-0.2, 0) is 10.8 Å². The number of nitrogens with zero attached hydrogens (tertiary/aromatic N) is 2. The van der Waals surface area contributed by atoms with E-state index in [1.54, 1.807) is 0 Å². The van der Waals surface area contributed by atoms with Gasteiger partial charge in [0, 0.05) is 38.7 Å². The Morgan fingerprint density at radius 3 is 1.65 bits per heavy atom. The van der Waals surface area contributed by atoms with Crippen molar-refractivity contribution in [3.8, 4) is 50.2 Å². The summed E-state index contributed by atoms with van der Waals surface area (Å²) in [5.41, 5.74) is 24.6. The highest BCUT2D eigenvalue weighted by atomic mass is 15.1. The van der Waals surface area contributed by atoms with Crippen LogP contribution in [0.5, 0.6) is 0 Å². The molecule has 2 heteroatoms. The molecule has 66 heavy (non-hydrogen) atoms. The third-order valence-corrected chi connectivity index (χ3v) is 15.2. The van der Waals surface area contributed by atoms with Gasteiger partial charge in [-0.3, -0.25) is 0 Å². The maximum absolute atomic E-state index is 2.56. The molecule has 3 aliphatic rings. The van der Waals surface area contributed by atoms with E-state index < -0.39 is 5.41 Å². The van der Waals surface area contributed by atoms with Gasteiger partial charge in [0.1, 0.15) is 0 Å². The molecule has 0 amide bonds. The Labute approximate surface area is 385 Å². The summed E-state index contributed by atoms with van der Waals surface area (Å²) >= 11 is 0. The van der Waals surface area contributed by atoms with E-state index in [2.05, 4.69) is 254 Å². The van der Waals surface area contributed by atoms with Crippen molar-refractivity contribution >= 4 is 38.9 Å². The van der Waals surface area contributed by atoms with Crippen LogP contribution in [0.15, 0.2) is 231 Å². The van der Waals surface area contributed by atoms with Crippen molar-refractivity contribution in [1.29, 1.82) is 0 Å². The van der Waals surface area contributed by atoms with Gasteiger partial charge in [-0.25, -0.2) is 0 Å². The predicted molar refractivity (Wildman–Crippen MR) is 275 cm³/mol. The quantitative estimate of drug-likeness (QED) is 0.168. The van der Waals surface area contributed by atoms with Crippen LogP contribution in [0.2, 0.25) is 0 Å². The Balaban J connectivity index is 0.998. The fourth-order valence-electron chi connectivity index (χ4n) is 12.4. The maximum atomic E-state index is 2.56. The summed E-state index contributed by atoms with van der Waals surface area (Å²) in [6, 6.07) is 86.3. The molecule has 0 saturated carbocycles. The Hall–Kier alpha value is -8.20. The van der Waals surface area contributed by atoms with Crippen LogP contribution in [0.3, 0.4) is 0 Å². The van der Waals surface area contributed by atoms with Crippen molar-refractivity contribution in [3.05, 3.63) is 264 Å². The highest BCUT2D eigenvalue weighted by Crippen LogP contribution is 2.63. The summed E-state index contributed by atoms with van der Waals surface area (Å²) in [6.45, 7) is 4.71. The SMILES string of the molecule is CC1(C)c2ccccc2-c2ccc(-c3ccc(N(c4ccccc4)c4ccccc4-c4cccc5c4C4(c6ccccc6-c6ccccc64)c4cccc6c7ccccc7n-5c46)cc3)cc21. The minimum absolute atomic E-state index is 0.0594. The minimum Gasteiger partial charge on any atom is -0.310 e. The lowest BCUT2D eigenvalue weighted by Gasteiger charge is -2.41. The molecule has 1 aromatic heterocycles. The molecule has 1 aliphatic heterocycles. The molecule has 14 rings (SSSR count). The Kier molecular flexibility index (Phi) is 7.70. The fraction of sp³-hybridized carbons (Fsp3) is 0.0625. The Morgan fingerprint density at radius 2 is 0.894 bits per heavy atom. The number of hydrogen-bond donors (Lipinski definition) is 0. The van der Waals surface area contributed by atoms with Gasteiger partial charge >= 0.3 is 0 Å². The van der Waals surface area contributed by atoms with E-state index >= 15 is 0 Å². The van der Waals surface area contributed by atoms with Crippen LogP contribution >= 0.6 is 0 Å². The van der Waals surface area contributed by atoms with Crippen LogP contribution in [0.25, 0.3) is 72.0 Å². The van der Waals surface area contributed by atoms with E-state index in [1.165, 1.54) is 105 Å². The van der Waals surface area contributed by atoms with Gasteiger partial charge in [0.25, 0.3) is 0 Å². The van der Waals surface area contributed by atoms with Crippen molar-refractivity contribution in [1.82, 2.24) is 4.57 Å². The first-order chi connectivity index (χ1) is 32.5. The van der Waals surface area contributed by atoms with Gasteiger partial charge in [0.15, 0.2) is 0 Å². The minimum atomic E-state index is -0.582. The second kappa shape index (κ2) is 13.7. The van der Waals surface area contributed by atoms with Gasteiger partial charge in [-0.1, -0.05) is 196 Å². The lowest BCUT2D eigenvalue weighted by molar-refractivity contribution is 0.660. The molecule has 0 bridgehead atoms. The van der Waals surface area contributed by atoms with Crippen LogP contribution < -0.4 is 4.90 Å². The van der Waals surface area contributed by atoms with Crippen molar-refractivity contribution in [2.45, 2.75) is 24.7 Å². The van der Waals surface area contributed by atoms with E-state index in [-0.39, 0.29) is 5.41 Å². The van der Waals surface area contributed by atoms with Gasteiger partial charge in [0.05, 0.1) is 27.8 Å². The average molecular weight is 841 g/mol. The van der Waals surface area contributed by atoms with E-state index in [4.69, 9.17) is 0 Å². The summed E-state index contributed by atoms with van der Waals surface area (Å²) in [6.07, 6.45) is 0. The number of anilines is 3. The van der Waals surface area contributed by atoms with E-state index in [0.29, 0.717) is 0 Å². The first-order valence-corrected chi connectivity index (χ1v) is 23.2. The van der Waals surface area contributed by atoms with Gasteiger partial charge in [-0.2, -0.15) is 0 Å². The zero-order valence-corrected chi connectivity index (χ0v) is 36.8. The summed E-state index contributed by atoms with van der Waals surface area (Å²) < 4.78 is 2.56. The first-order valence-electron chi connectivity index (χ1n) is 23.2. The monoisotopic (exact) mass is 840 g/mol. The van der Waals surface area contributed by atoms with Crippen LogP contribution in [0.4, 0.5) is 17.1 Å². The molecule has 0 fully saturated rings. The smallest absolute Gasteiger partial charge is 0.0760 e. The molecule has 2 aliphatic carbocycles. The Morgan fingerprint density at radius 1 is 0.364 bits per heavy atom. The lowest BCUT2D eigenvalue weighted by atomic mass is 9.63. The molecule has 11 aromatic rings. The Bertz CT molecular complexity index is 3750. The van der Waals surface area contributed by atoms with Crippen LogP contribution in [-0.4, -0.2) is 4.57 Å². The van der Waals surface area contributed by atoms with Gasteiger partial charge < -0.3 is 9.47 Å². The van der Waals surface area contributed by atoms with Crippen molar-refractivity contribution < 1.29 is 0 Å². The molecule has 0 radical (unpaired) electrons. The average Bonchev–Trinajstić information content (AvgIpc) is 3.95. The molecule has 10 aromatic carbocycles. The molecule has 0 N–H and O–H groups in total.